The van der Waals surface area contributed by atoms with Gasteiger partial charge in [-0.2, -0.15) is 5.26 Å². The van der Waals surface area contributed by atoms with Gasteiger partial charge in [-0.15, -0.1) is 0 Å². The molecule has 0 radical (unpaired) electrons. The van der Waals surface area contributed by atoms with Crippen molar-refractivity contribution >= 4 is 23.6 Å². The van der Waals surface area contributed by atoms with Crippen molar-refractivity contribution in [1.82, 2.24) is 9.88 Å². The van der Waals surface area contributed by atoms with Gasteiger partial charge in [0, 0.05) is 18.8 Å². The fourth-order valence-corrected chi connectivity index (χ4v) is 3.70. The van der Waals surface area contributed by atoms with Crippen LogP contribution in [-0.4, -0.2) is 40.5 Å². The molecule has 1 aromatic rings. The van der Waals surface area contributed by atoms with Crippen molar-refractivity contribution in [2.75, 3.05) is 18.8 Å². The maximum absolute atomic E-state index is 12.4. The SMILES string of the molecule is Cc1cc(C)c(C#N)c(SCC(=O)N2CCCC(C(N)=O)C2)n1. The molecule has 1 saturated heterocycles. The van der Waals surface area contributed by atoms with Crippen molar-refractivity contribution in [1.29, 1.82) is 5.26 Å². The Labute approximate surface area is 140 Å². The summed E-state index contributed by atoms with van der Waals surface area (Å²) in [6, 6.07) is 4.00. The second-order valence-corrected chi connectivity index (χ2v) is 6.71. The number of carbonyl (C=O) groups is 2. The highest BCUT2D eigenvalue weighted by molar-refractivity contribution is 8.00. The number of nitriles is 1. The van der Waals surface area contributed by atoms with Gasteiger partial charge in [0.2, 0.25) is 11.8 Å². The quantitative estimate of drug-likeness (QED) is 0.840. The van der Waals surface area contributed by atoms with Crippen LogP contribution in [0.4, 0.5) is 0 Å². The smallest absolute Gasteiger partial charge is 0.233 e. The Hall–Kier alpha value is -2.07. The number of thioether (sulfide) groups is 1. The number of hydrogen-bond donors (Lipinski definition) is 1. The number of piperidine rings is 1. The van der Waals surface area contributed by atoms with Gasteiger partial charge in [-0.1, -0.05) is 11.8 Å². The summed E-state index contributed by atoms with van der Waals surface area (Å²) in [5.74, 6) is -0.453. The molecule has 23 heavy (non-hydrogen) atoms. The molecular weight excluding hydrogens is 312 g/mol. The zero-order valence-corrected chi connectivity index (χ0v) is 14.2. The van der Waals surface area contributed by atoms with Gasteiger partial charge in [0.1, 0.15) is 11.1 Å². The first kappa shape index (κ1) is 17.3. The first-order valence-electron chi connectivity index (χ1n) is 7.50. The molecule has 0 saturated carbocycles. The molecule has 6 nitrogen and oxygen atoms in total. The van der Waals surface area contributed by atoms with Crippen LogP contribution < -0.4 is 5.73 Å². The fraction of sp³-hybridized carbons (Fsp3) is 0.500. The molecule has 1 unspecified atom stereocenters. The van der Waals surface area contributed by atoms with Gasteiger partial charge in [-0.05, 0) is 38.3 Å². The monoisotopic (exact) mass is 332 g/mol. The minimum Gasteiger partial charge on any atom is -0.369 e. The zero-order valence-electron chi connectivity index (χ0n) is 13.3. The van der Waals surface area contributed by atoms with Crippen molar-refractivity contribution in [3.05, 3.63) is 22.9 Å². The molecule has 0 bridgehead atoms. The number of aromatic nitrogens is 1. The summed E-state index contributed by atoms with van der Waals surface area (Å²) in [7, 11) is 0. The van der Waals surface area contributed by atoms with E-state index in [-0.39, 0.29) is 23.5 Å². The second-order valence-electron chi connectivity index (χ2n) is 5.74. The van der Waals surface area contributed by atoms with E-state index >= 15 is 0 Å². The third-order valence-electron chi connectivity index (χ3n) is 3.93. The predicted molar refractivity (Wildman–Crippen MR) is 87.6 cm³/mol. The van der Waals surface area contributed by atoms with E-state index in [1.807, 2.05) is 19.9 Å². The van der Waals surface area contributed by atoms with Crippen molar-refractivity contribution in [3.63, 3.8) is 0 Å². The topological polar surface area (TPSA) is 100 Å². The minimum absolute atomic E-state index is 0.0502. The van der Waals surface area contributed by atoms with E-state index in [0.717, 1.165) is 24.1 Å². The molecule has 1 aromatic heterocycles. The molecule has 2 N–H and O–H groups in total. The molecule has 7 heteroatoms. The highest BCUT2D eigenvalue weighted by Crippen LogP contribution is 2.25. The Balaban J connectivity index is 2.02. The molecule has 1 aliphatic rings. The number of nitrogens with zero attached hydrogens (tertiary/aromatic N) is 3. The summed E-state index contributed by atoms with van der Waals surface area (Å²) in [6.45, 7) is 4.76. The van der Waals surface area contributed by atoms with Gasteiger partial charge < -0.3 is 10.6 Å². The molecular formula is C16H20N4O2S. The molecule has 122 valence electrons. The van der Waals surface area contributed by atoms with E-state index in [1.165, 1.54) is 11.8 Å². The van der Waals surface area contributed by atoms with Crippen molar-refractivity contribution in [2.24, 2.45) is 11.7 Å². The van der Waals surface area contributed by atoms with Crippen LogP contribution in [-0.2, 0) is 9.59 Å². The lowest BCUT2D eigenvalue weighted by Gasteiger charge is -2.31. The Morgan fingerprint density at radius 2 is 2.26 bits per heavy atom. The Kier molecular flexibility index (Phi) is 5.61. The molecule has 1 atom stereocenters. The van der Waals surface area contributed by atoms with Crippen LogP contribution in [0.3, 0.4) is 0 Å². The predicted octanol–water partition coefficient (Wildman–Crippen LogP) is 1.39. The number of hydrogen-bond acceptors (Lipinski definition) is 5. The van der Waals surface area contributed by atoms with E-state index in [1.54, 1.807) is 4.90 Å². The number of nitrogens with two attached hydrogens (primary N) is 1. The van der Waals surface area contributed by atoms with E-state index in [4.69, 9.17) is 5.73 Å². The van der Waals surface area contributed by atoms with Gasteiger partial charge in [0.05, 0.1) is 17.2 Å². The lowest BCUT2D eigenvalue weighted by Crippen LogP contribution is -2.44. The number of aryl methyl sites for hydroxylation is 2. The largest absolute Gasteiger partial charge is 0.369 e. The number of rotatable bonds is 4. The molecule has 2 amide bonds. The summed E-state index contributed by atoms with van der Waals surface area (Å²) in [5.41, 5.74) is 7.54. The number of carbonyl (C=O) groups excluding carboxylic acids is 2. The van der Waals surface area contributed by atoms with Gasteiger partial charge in [0.25, 0.3) is 0 Å². The lowest BCUT2D eigenvalue weighted by molar-refractivity contribution is -0.132. The maximum Gasteiger partial charge on any atom is 0.233 e. The van der Waals surface area contributed by atoms with Crippen LogP contribution in [0, 0.1) is 31.1 Å². The molecule has 1 fully saturated rings. The summed E-state index contributed by atoms with van der Waals surface area (Å²) >= 11 is 1.27. The number of amides is 2. The van der Waals surface area contributed by atoms with E-state index in [0.29, 0.717) is 23.7 Å². The lowest BCUT2D eigenvalue weighted by atomic mass is 9.97. The van der Waals surface area contributed by atoms with Crippen LogP contribution in [0.2, 0.25) is 0 Å². The Morgan fingerprint density at radius 1 is 1.52 bits per heavy atom. The molecule has 0 aliphatic carbocycles. The Morgan fingerprint density at radius 3 is 2.91 bits per heavy atom. The maximum atomic E-state index is 12.4. The molecule has 0 spiro atoms. The minimum atomic E-state index is -0.349. The number of pyridine rings is 1. The first-order valence-corrected chi connectivity index (χ1v) is 8.49. The van der Waals surface area contributed by atoms with Gasteiger partial charge >= 0.3 is 0 Å². The highest BCUT2D eigenvalue weighted by atomic mass is 32.2. The number of primary amides is 1. The van der Waals surface area contributed by atoms with Crippen LogP contribution in [0.5, 0.6) is 0 Å². The second kappa shape index (κ2) is 7.47. The standard InChI is InChI=1S/C16H20N4O2S/c1-10-6-11(2)19-16(13(10)7-17)23-9-14(21)20-5-3-4-12(8-20)15(18)22/h6,12H,3-5,8-9H2,1-2H3,(H2,18,22). The van der Waals surface area contributed by atoms with E-state index in [9.17, 15) is 14.9 Å². The summed E-state index contributed by atoms with van der Waals surface area (Å²) in [6.07, 6.45) is 1.53. The van der Waals surface area contributed by atoms with Crippen molar-refractivity contribution in [2.45, 2.75) is 31.7 Å². The zero-order chi connectivity index (χ0) is 17.0. The average molecular weight is 332 g/mol. The van der Waals surface area contributed by atoms with Crippen LogP contribution in [0.1, 0.15) is 29.7 Å². The number of likely N-dealkylation sites (tertiary alicyclic amines) is 1. The summed E-state index contributed by atoms with van der Waals surface area (Å²) in [5, 5.41) is 9.83. The molecule has 2 rings (SSSR count). The molecule has 2 heterocycles. The van der Waals surface area contributed by atoms with Gasteiger partial charge in [0.15, 0.2) is 0 Å². The molecule has 0 aromatic carbocycles. The van der Waals surface area contributed by atoms with Crippen molar-refractivity contribution < 1.29 is 9.59 Å². The van der Waals surface area contributed by atoms with Gasteiger partial charge in [-0.25, -0.2) is 4.98 Å². The summed E-state index contributed by atoms with van der Waals surface area (Å²) < 4.78 is 0. The van der Waals surface area contributed by atoms with Crippen LogP contribution >= 0.6 is 11.8 Å². The summed E-state index contributed by atoms with van der Waals surface area (Å²) in [4.78, 5) is 29.7. The third-order valence-corrected chi connectivity index (χ3v) is 4.89. The van der Waals surface area contributed by atoms with Gasteiger partial charge in [-0.3, -0.25) is 9.59 Å². The van der Waals surface area contributed by atoms with E-state index < -0.39 is 0 Å². The third kappa shape index (κ3) is 4.23. The first-order chi connectivity index (χ1) is 10.9. The average Bonchev–Trinajstić information content (AvgIpc) is 2.52. The van der Waals surface area contributed by atoms with Crippen molar-refractivity contribution in [3.8, 4) is 6.07 Å². The Bertz CT molecular complexity index is 669. The fourth-order valence-electron chi connectivity index (χ4n) is 2.70. The van der Waals surface area contributed by atoms with Crippen LogP contribution in [0.25, 0.3) is 0 Å². The normalized spacial score (nSPS) is 17.6. The van der Waals surface area contributed by atoms with E-state index in [2.05, 4.69) is 11.1 Å². The van der Waals surface area contributed by atoms with Crippen LogP contribution in [0.15, 0.2) is 11.1 Å². The highest BCUT2D eigenvalue weighted by Gasteiger charge is 2.27. The molecule has 1 aliphatic heterocycles.